The van der Waals surface area contributed by atoms with Crippen LogP contribution in [-0.4, -0.2) is 31.7 Å². The smallest absolute Gasteiger partial charge is 0.357 e. The molecule has 0 aliphatic heterocycles. The van der Waals surface area contributed by atoms with Gasteiger partial charge in [-0.1, -0.05) is 36.2 Å². The summed E-state index contributed by atoms with van der Waals surface area (Å²) in [6, 6.07) is 4.54. The predicted molar refractivity (Wildman–Crippen MR) is 81.0 cm³/mol. The van der Waals surface area contributed by atoms with Crippen LogP contribution in [-0.2, 0) is 0 Å². The van der Waals surface area contributed by atoms with E-state index in [1.54, 1.807) is 18.2 Å². The summed E-state index contributed by atoms with van der Waals surface area (Å²) >= 11 is 11.9. The molecule has 0 bridgehead atoms. The van der Waals surface area contributed by atoms with E-state index in [9.17, 15) is 14.7 Å². The number of nitrogens with zero attached hydrogens (tertiary/aromatic N) is 2. The van der Waals surface area contributed by atoms with Crippen molar-refractivity contribution in [2.75, 3.05) is 0 Å². The molecule has 2 rings (SSSR count). The first-order chi connectivity index (χ1) is 10.4. The zero-order chi connectivity index (χ0) is 16.4. The van der Waals surface area contributed by atoms with E-state index in [0.29, 0.717) is 22.0 Å². The molecule has 1 heterocycles. The van der Waals surface area contributed by atoms with Crippen LogP contribution in [0.4, 0.5) is 0 Å². The third-order valence-corrected chi connectivity index (χ3v) is 3.99. The van der Waals surface area contributed by atoms with Crippen molar-refractivity contribution in [3.63, 3.8) is 0 Å². The second-order valence-corrected chi connectivity index (χ2v) is 5.37. The second kappa shape index (κ2) is 6.37. The first-order valence-corrected chi connectivity index (χ1v) is 7.10. The van der Waals surface area contributed by atoms with Crippen molar-refractivity contribution in [3.05, 3.63) is 51.5 Å². The summed E-state index contributed by atoms with van der Waals surface area (Å²) in [5, 5.41) is 19.1. The van der Waals surface area contributed by atoms with E-state index in [1.165, 1.54) is 10.9 Å². The number of carbonyl (C=O) groups is 2. The van der Waals surface area contributed by atoms with Crippen molar-refractivity contribution in [2.24, 2.45) is 0 Å². The van der Waals surface area contributed by atoms with Gasteiger partial charge in [0.05, 0.1) is 22.4 Å². The second-order valence-electron chi connectivity index (χ2n) is 4.56. The molecular weight excluding hydrogens is 331 g/mol. The number of imidazole rings is 1. The number of carboxylic acid groups (broad SMARTS) is 2. The number of hydrogen-bond acceptors (Lipinski definition) is 3. The van der Waals surface area contributed by atoms with Crippen LogP contribution in [0.2, 0.25) is 10.0 Å². The minimum absolute atomic E-state index is 0.341. The molecule has 0 amide bonds. The molecule has 2 aromatic rings. The zero-order valence-corrected chi connectivity index (χ0v) is 13.0. The quantitative estimate of drug-likeness (QED) is 0.866. The van der Waals surface area contributed by atoms with E-state index in [2.05, 4.69) is 4.98 Å². The van der Waals surface area contributed by atoms with Gasteiger partial charge in [0.25, 0.3) is 0 Å². The van der Waals surface area contributed by atoms with Gasteiger partial charge in [0.1, 0.15) is 0 Å². The molecular formula is C14H12Cl2N2O4. The molecule has 0 saturated carbocycles. The SMILES string of the molecule is CCC(c1ccc(Cl)c(Cl)c1)n1cnc(C(=O)O)c1C(=O)O. The Labute approximate surface area is 135 Å². The number of carboxylic acids is 2. The van der Waals surface area contributed by atoms with Crippen LogP contribution in [0, 0.1) is 0 Å². The van der Waals surface area contributed by atoms with E-state index < -0.39 is 23.7 Å². The highest BCUT2D eigenvalue weighted by atomic mass is 35.5. The first-order valence-electron chi connectivity index (χ1n) is 6.35. The maximum absolute atomic E-state index is 11.4. The molecule has 0 fully saturated rings. The molecule has 1 atom stereocenters. The predicted octanol–water partition coefficient (Wildman–Crippen LogP) is 3.59. The van der Waals surface area contributed by atoms with Gasteiger partial charge in [0.2, 0.25) is 0 Å². The number of halogens is 2. The summed E-state index contributed by atoms with van der Waals surface area (Å²) in [4.78, 5) is 26.2. The molecule has 0 radical (unpaired) electrons. The van der Waals surface area contributed by atoms with Crippen molar-refractivity contribution >= 4 is 35.1 Å². The van der Waals surface area contributed by atoms with Gasteiger partial charge >= 0.3 is 11.9 Å². The van der Waals surface area contributed by atoms with Crippen molar-refractivity contribution in [2.45, 2.75) is 19.4 Å². The van der Waals surface area contributed by atoms with Gasteiger partial charge in [-0.25, -0.2) is 14.6 Å². The van der Waals surface area contributed by atoms with Crippen LogP contribution in [0.5, 0.6) is 0 Å². The van der Waals surface area contributed by atoms with Crippen molar-refractivity contribution < 1.29 is 19.8 Å². The van der Waals surface area contributed by atoms with Crippen LogP contribution in [0.25, 0.3) is 0 Å². The summed E-state index contributed by atoms with van der Waals surface area (Å²) in [5.74, 6) is -2.74. The van der Waals surface area contributed by atoms with Gasteiger partial charge in [0, 0.05) is 0 Å². The van der Waals surface area contributed by atoms with Crippen LogP contribution in [0.1, 0.15) is 45.9 Å². The first kappa shape index (κ1) is 16.3. The normalized spacial score (nSPS) is 12.1. The van der Waals surface area contributed by atoms with Gasteiger partial charge in [-0.05, 0) is 24.1 Å². The molecule has 22 heavy (non-hydrogen) atoms. The average Bonchev–Trinajstić information content (AvgIpc) is 2.88. The molecule has 8 heteroatoms. The van der Waals surface area contributed by atoms with E-state index >= 15 is 0 Å². The van der Waals surface area contributed by atoms with E-state index in [0.717, 1.165) is 0 Å². The van der Waals surface area contributed by atoms with E-state index in [-0.39, 0.29) is 5.69 Å². The summed E-state index contributed by atoms with van der Waals surface area (Å²) in [7, 11) is 0. The number of aromatic nitrogens is 2. The largest absolute Gasteiger partial charge is 0.476 e. The Balaban J connectivity index is 2.58. The third kappa shape index (κ3) is 2.93. The molecule has 0 saturated heterocycles. The molecule has 0 aliphatic carbocycles. The molecule has 2 N–H and O–H groups in total. The number of rotatable bonds is 5. The van der Waals surface area contributed by atoms with Gasteiger partial charge < -0.3 is 14.8 Å². The number of hydrogen-bond donors (Lipinski definition) is 2. The van der Waals surface area contributed by atoms with Crippen molar-refractivity contribution in [3.8, 4) is 0 Å². The summed E-state index contributed by atoms with van der Waals surface area (Å²) in [5.41, 5.74) is -0.148. The fourth-order valence-electron chi connectivity index (χ4n) is 2.28. The fraction of sp³-hybridized carbons (Fsp3) is 0.214. The maximum atomic E-state index is 11.4. The highest BCUT2D eigenvalue weighted by Gasteiger charge is 2.27. The van der Waals surface area contributed by atoms with Crippen LogP contribution >= 0.6 is 23.2 Å². The Morgan fingerprint density at radius 1 is 1.23 bits per heavy atom. The van der Waals surface area contributed by atoms with Gasteiger partial charge in [-0.15, -0.1) is 0 Å². The standard InChI is InChI=1S/C14H12Cl2N2O4/c1-2-10(7-3-4-8(15)9(16)5-7)18-6-17-11(13(19)20)12(18)14(21)22/h3-6,10H,2H2,1H3,(H,19,20)(H,21,22). The lowest BCUT2D eigenvalue weighted by Gasteiger charge is -2.19. The average molecular weight is 343 g/mol. The number of benzene rings is 1. The lowest BCUT2D eigenvalue weighted by molar-refractivity contribution is 0.0639. The number of aromatic carboxylic acids is 2. The summed E-state index contributed by atoms with van der Waals surface area (Å²) in [6.07, 6.45) is 1.73. The molecule has 1 unspecified atom stereocenters. The van der Waals surface area contributed by atoms with Crippen molar-refractivity contribution in [1.82, 2.24) is 9.55 Å². The minimum Gasteiger partial charge on any atom is -0.476 e. The van der Waals surface area contributed by atoms with Crippen molar-refractivity contribution in [1.29, 1.82) is 0 Å². The lowest BCUT2D eigenvalue weighted by atomic mass is 10.0. The topological polar surface area (TPSA) is 92.4 Å². The monoisotopic (exact) mass is 342 g/mol. The molecule has 1 aromatic heterocycles. The molecule has 0 aliphatic rings. The van der Waals surface area contributed by atoms with Crippen LogP contribution in [0.3, 0.4) is 0 Å². The minimum atomic E-state index is -1.39. The van der Waals surface area contributed by atoms with Crippen LogP contribution in [0.15, 0.2) is 24.5 Å². The van der Waals surface area contributed by atoms with Gasteiger partial charge in [0.15, 0.2) is 11.4 Å². The lowest BCUT2D eigenvalue weighted by Crippen LogP contribution is -2.17. The molecule has 116 valence electrons. The van der Waals surface area contributed by atoms with Crippen LogP contribution < -0.4 is 0 Å². The Kier molecular flexibility index (Phi) is 4.73. The summed E-state index contributed by atoms with van der Waals surface area (Å²) in [6.45, 7) is 1.85. The van der Waals surface area contributed by atoms with Gasteiger partial charge in [-0.2, -0.15) is 0 Å². The molecule has 0 spiro atoms. The molecule has 6 nitrogen and oxygen atoms in total. The van der Waals surface area contributed by atoms with E-state index in [1.807, 2.05) is 6.92 Å². The zero-order valence-electron chi connectivity index (χ0n) is 11.5. The van der Waals surface area contributed by atoms with E-state index in [4.69, 9.17) is 28.3 Å². The Hall–Kier alpha value is -2.05. The Morgan fingerprint density at radius 2 is 1.91 bits per heavy atom. The maximum Gasteiger partial charge on any atom is 0.357 e. The third-order valence-electron chi connectivity index (χ3n) is 3.25. The highest BCUT2D eigenvalue weighted by Crippen LogP contribution is 2.30. The van der Waals surface area contributed by atoms with Gasteiger partial charge in [-0.3, -0.25) is 0 Å². The summed E-state index contributed by atoms with van der Waals surface area (Å²) < 4.78 is 1.32. The Bertz CT molecular complexity index is 742. The Morgan fingerprint density at radius 3 is 2.41 bits per heavy atom. The fourth-order valence-corrected chi connectivity index (χ4v) is 2.58. The molecule has 1 aromatic carbocycles. The highest BCUT2D eigenvalue weighted by molar-refractivity contribution is 6.42.